The molecular weight excluding hydrogens is 378 g/mol. The van der Waals surface area contributed by atoms with Crippen LogP contribution in [-0.2, 0) is 12.8 Å². The first-order valence-corrected chi connectivity index (χ1v) is 9.40. The number of hydrogen-bond donors (Lipinski definition) is 2. The topological polar surface area (TPSA) is 71.7 Å². The van der Waals surface area contributed by atoms with Crippen molar-refractivity contribution in [2.24, 2.45) is 0 Å². The molecule has 0 radical (unpaired) electrons. The lowest BCUT2D eigenvalue weighted by Gasteiger charge is -2.19. The van der Waals surface area contributed by atoms with E-state index in [-0.39, 0.29) is 24.6 Å². The van der Waals surface area contributed by atoms with E-state index in [9.17, 15) is 9.90 Å². The van der Waals surface area contributed by atoms with Crippen LogP contribution in [0.4, 0.5) is 5.69 Å². The molecule has 6 heteroatoms. The second kappa shape index (κ2) is 9.13. The summed E-state index contributed by atoms with van der Waals surface area (Å²) in [4.78, 5) is 12.2. The van der Waals surface area contributed by atoms with Crippen LogP contribution in [0.1, 0.15) is 24.0 Å². The highest BCUT2D eigenvalue weighted by atomic mass is 35.5. The average molecular weight is 402 g/mol. The molecule has 0 saturated heterocycles. The molecule has 5 nitrogen and oxygen atoms in total. The Morgan fingerprint density at radius 1 is 1.04 bits per heavy atom. The van der Waals surface area contributed by atoms with Crippen molar-refractivity contribution in [3.63, 3.8) is 0 Å². The van der Waals surface area contributed by atoms with Gasteiger partial charge in [-0.25, -0.2) is 4.79 Å². The monoisotopic (exact) mass is 401 g/mol. The third-order valence-corrected chi connectivity index (χ3v) is 4.95. The molecular formula is C22H24ClNO4. The van der Waals surface area contributed by atoms with Crippen LogP contribution < -0.4 is 15.7 Å². The van der Waals surface area contributed by atoms with Crippen LogP contribution in [0.15, 0.2) is 57.7 Å². The maximum absolute atomic E-state index is 12.2. The van der Waals surface area contributed by atoms with Crippen LogP contribution in [0, 0.1) is 0 Å². The summed E-state index contributed by atoms with van der Waals surface area (Å²) >= 11 is 0. The van der Waals surface area contributed by atoms with Crippen molar-refractivity contribution < 1.29 is 14.3 Å². The van der Waals surface area contributed by atoms with Crippen molar-refractivity contribution in [1.29, 1.82) is 0 Å². The van der Waals surface area contributed by atoms with E-state index in [4.69, 9.17) is 9.15 Å². The van der Waals surface area contributed by atoms with Gasteiger partial charge < -0.3 is 19.6 Å². The van der Waals surface area contributed by atoms with Gasteiger partial charge in [-0.2, -0.15) is 0 Å². The van der Waals surface area contributed by atoms with Gasteiger partial charge in [-0.1, -0.05) is 24.3 Å². The molecule has 0 spiro atoms. The van der Waals surface area contributed by atoms with Gasteiger partial charge in [0.25, 0.3) is 0 Å². The first-order valence-electron chi connectivity index (χ1n) is 9.40. The summed E-state index contributed by atoms with van der Waals surface area (Å²) in [7, 11) is 0. The van der Waals surface area contributed by atoms with E-state index in [1.165, 1.54) is 0 Å². The number of nitrogens with one attached hydrogen (secondary N) is 1. The molecule has 1 aliphatic carbocycles. The van der Waals surface area contributed by atoms with Crippen molar-refractivity contribution in [2.75, 3.05) is 18.5 Å². The van der Waals surface area contributed by atoms with E-state index >= 15 is 0 Å². The molecule has 1 unspecified atom stereocenters. The second-order valence-electron chi connectivity index (χ2n) is 6.89. The fraction of sp³-hybridized carbons (Fsp3) is 0.318. The molecule has 3 aromatic rings. The number of fused-ring (bicyclic) bond motifs is 3. The zero-order valence-electron chi connectivity index (χ0n) is 15.5. The SMILES string of the molecule is Cl.O=c1oc2cccc(OCC(O)CNc3ccccc3)c2c2c1CCCC2. The van der Waals surface area contributed by atoms with Crippen molar-refractivity contribution >= 4 is 29.1 Å². The number of anilines is 1. The minimum Gasteiger partial charge on any atom is -0.490 e. The van der Waals surface area contributed by atoms with Crippen molar-refractivity contribution in [1.82, 2.24) is 0 Å². The van der Waals surface area contributed by atoms with Crippen molar-refractivity contribution in [3.05, 3.63) is 70.1 Å². The van der Waals surface area contributed by atoms with E-state index in [1.807, 2.05) is 42.5 Å². The van der Waals surface area contributed by atoms with Gasteiger partial charge in [0.1, 0.15) is 24.0 Å². The number of rotatable bonds is 6. The van der Waals surface area contributed by atoms with E-state index in [0.717, 1.165) is 47.9 Å². The Kier molecular flexibility index (Phi) is 6.60. The number of aliphatic hydroxyl groups is 1. The van der Waals surface area contributed by atoms with Gasteiger partial charge in [-0.15, -0.1) is 12.4 Å². The molecule has 0 amide bonds. The Labute approximate surface area is 169 Å². The fourth-order valence-corrected chi connectivity index (χ4v) is 3.62. The number of para-hydroxylation sites is 1. The average Bonchev–Trinajstić information content (AvgIpc) is 2.71. The van der Waals surface area contributed by atoms with Gasteiger partial charge in [0.2, 0.25) is 0 Å². The minimum absolute atomic E-state index is 0. The third kappa shape index (κ3) is 4.32. The molecule has 28 heavy (non-hydrogen) atoms. The molecule has 2 aromatic carbocycles. The second-order valence-corrected chi connectivity index (χ2v) is 6.89. The smallest absolute Gasteiger partial charge is 0.339 e. The number of aliphatic hydroxyl groups excluding tert-OH is 1. The number of benzene rings is 2. The van der Waals surface area contributed by atoms with E-state index in [1.54, 1.807) is 6.07 Å². The van der Waals surface area contributed by atoms with Gasteiger partial charge >= 0.3 is 5.63 Å². The molecule has 4 rings (SSSR count). The Bertz CT molecular complexity index is 987. The van der Waals surface area contributed by atoms with Crippen LogP contribution in [0.5, 0.6) is 5.75 Å². The molecule has 1 aromatic heterocycles. The molecule has 0 fully saturated rings. The summed E-state index contributed by atoms with van der Waals surface area (Å²) in [5.41, 5.74) is 3.09. The van der Waals surface area contributed by atoms with Gasteiger partial charge in [0, 0.05) is 17.8 Å². The van der Waals surface area contributed by atoms with Gasteiger partial charge in [-0.05, 0) is 55.5 Å². The molecule has 148 valence electrons. The highest BCUT2D eigenvalue weighted by Crippen LogP contribution is 2.33. The first kappa shape index (κ1) is 20.2. The lowest BCUT2D eigenvalue weighted by atomic mass is 9.90. The number of aryl methyl sites for hydroxylation is 1. The zero-order valence-corrected chi connectivity index (χ0v) is 16.3. The normalized spacial score (nSPS) is 14.0. The lowest BCUT2D eigenvalue weighted by Crippen LogP contribution is -2.26. The maximum atomic E-state index is 12.2. The van der Waals surface area contributed by atoms with Gasteiger partial charge in [0.15, 0.2) is 0 Å². The largest absolute Gasteiger partial charge is 0.490 e. The summed E-state index contributed by atoms with van der Waals surface area (Å²) in [6.07, 6.45) is 3.02. The lowest BCUT2D eigenvalue weighted by molar-refractivity contribution is 0.118. The summed E-state index contributed by atoms with van der Waals surface area (Å²) in [6, 6.07) is 15.2. The fourth-order valence-electron chi connectivity index (χ4n) is 3.62. The van der Waals surface area contributed by atoms with Crippen LogP contribution in [-0.4, -0.2) is 24.4 Å². The molecule has 0 bridgehead atoms. The Balaban J connectivity index is 0.00000225. The standard InChI is InChI=1S/C22H23NO4.ClH/c24-16(13-23-15-7-2-1-3-8-15)14-26-19-11-6-12-20-21(19)17-9-4-5-10-18(17)22(25)27-20;/h1-3,6-8,11-12,16,23-24H,4-5,9-10,13-14H2;1H. The Morgan fingerprint density at radius 3 is 2.57 bits per heavy atom. The molecule has 1 atom stereocenters. The predicted molar refractivity (Wildman–Crippen MR) is 113 cm³/mol. The Morgan fingerprint density at radius 2 is 1.79 bits per heavy atom. The van der Waals surface area contributed by atoms with Crippen LogP contribution in [0.2, 0.25) is 0 Å². The van der Waals surface area contributed by atoms with Crippen LogP contribution >= 0.6 is 12.4 Å². The van der Waals surface area contributed by atoms with Crippen molar-refractivity contribution in [3.8, 4) is 5.75 Å². The summed E-state index contributed by atoms with van der Waals surface area (Å²) in [5.74, 6) is 0.660. The maximum Gasteiger partial charge on any atom is 0.339 e. The van der Waals surface area contributed by atoms with Crippen LogP contribution in [0.25, 0.3) is 11.0 Å². The summed E-state index contributed by atoms with van der Waals surface area (Å²) in [5, 5.41) is 14.3. The molecule has 1 aliphatic rings. The molecule has 2 N–H and O–H groups in total. The highest BCUT2D eigenvalue weighted by Gasteiger charge is 2.20. The number of ether oxygens (including phenoxy) is 1. The summed E-state index contributed by atoms with van der Waals surface area (Å²) in [6.45, 7) is 0.550. The predicted octanol–water partition coefficient (Wildman–Crippen LogP) is 3.95. The quantitative estimate of drug-likeness (QED) is 0.612. The van der Waals surface area contributed by atoms with E-state index < -0.39 is 6.10 Å². The van der Waals surface area contributed by atoms with Crippen molar-refractivity contribution in [2.45, 2.75) is 31.8 Å². The van der Waals surface area contributed by atoms with E-state index in [0.29, 0.717) is 17.9 Å². The minimum atomic E-state index is -0.660. The highest BCUT2D eigenvalue weighted by molar-refractivity contribution is 5.88. The summed E-state index contributed by atoms with van der Waals surface area (Å²) < 4.78 is 11.4. The van der Waals surface area contributed by atoms with Crippen LogP contribution in [0.3, 0.4) is 0 Å². The number of halogens is 1. The first-order chi connectivity index (χ1) is 13.2. The molecule has 0 aliphatic heterocycles. The zero-order chi connectivity index (χ0) is 18.6. The van der Waals surface area contributed by atoms with Gasteiger partial charge in [-0.3, -0.25) is 0 Å². The number of hydrogen-bond acceptors (Lipinski definition) is 5. The Hall–Kier alpha value is -2.50. The van der Waals surface area contributed by atoms with E-state index in [2.05, 4.69) is 5.32 Å². The van der Waals surface area contributed by atoms with Gasteiger partial charge in [0.05, 0.1) is 5.39 Å². The molecule has 1 heterocycles. The third-order valence-electron chi connectivity index (χ3n) is 4.95. The molecule has 0 saturated carbocycles.